The van der Waals surface area contributed by atoms with Gasteiger partial charge < -0.3 is 10.1 Å². The van der Waals surface area contributed by atoms with Gasteiger partial charge in [-0.25, -0.2) is 9.97 Å². The van der Waals surface area contributed by atoms with Crippen LogP contribution in [0.5, 0.6) is 0 Å². The number of ether oxygens (including phenoxy) is 1. The quantitative estimate of drug-likeness (QED) is 0.808. The molecule has 1 unspecified atom stereocenters. The van der Waals surface area contributed by atoms with Gasteiger partial charge in [-0.15, -0.1) is 0 Å². The summed E-state index contributed by atoms with van der Waals surface area (Å²) in [6.45, 7) is 9.41. The highest BCUT2D eigenvalue weighted by Gasteiger charge is 2.14. The number of nitrogens with zero attached hydrogens (tertiary/aromatic N) is 2. The molecule has 4 nitrogen and oxygen atoms in total. The van der Waals surface area contributed by atoms with Gasteiger partial charge in [0.25, 0.3) is 0 Å². The van der Waals surface area contributed by atoms with Gasteiger partial charge in [-0.1, -0.05) is 20.8 Å². The van der Waals surface area contributed by atoms with Crippen LogP contribution in [0.25, 0.3) is 0 Å². The molecule has 0 aromatic carbocycles. The maximum atomic E-state index is 5.43. The molecule has 0 spiro atoms. The lowest BCUT2D eigenvalue weighted by molar-refractivity contribution is 0.0924. The van der Waals surface area contributed by atoms with Crippen LogP contribution in [0.4, 0.5) is 5.82 Å². The zero-order valence-electron chi connectivity index (χ0n) is 12.2. The van der Waals surface area contributed by atoms with Gasteiger partial charge in [-0.05, 0) is 25.7 Å². The van der Waals surface area contributed by atoms with E-state index in [2.05, 4.69) is 43.0 Å². The molecule has 1 aromatic heterocycles. The second-order valence-electron chi connectivity index (χ2n) is 4.86. The topological polar surface area (TPSA) is 47.0 Å². The SMILES string of the molecule is CCNc1cc(CC(C)C)nc(C(CC)OC)n1. The van der Waals surface area contributed by atoms with E-state index in [9.17, 15) is 0 Å². The normalized spacial score (nSPS) is 12.8. The number of hydrogen-bond acceptors (Lipinski definition) is 4. The van der Waals surface area contributed by atoms with E-state index in [1.165, 1.54) is 0 Å². The molecule has 0 aliphatic rings. The van der Waals surface area contributed by atoms with Crippen LogP contribution in [0.15, 0.2) is 6.07 Å². The molecule has 4 heteroatoms. The molecule has 18 heavy (non-hydrogen) atoms. The number of nitrogens with one attached hydrogen (secondary N) is 1. The van der Waals surface area contributed by atoms with Crippen LogP contribution in [0.2, 0.25) is 0 Å². The van der Waals surface area contributed by atoms with Crippen molar-refractivity contribution in [2.24, 2.45) is 5.92 Å². The second-order valence-corrected chi connectivity index (χ2v) is 4.86. The van der Waals surface area contributed by atoms with Crippen molar-refractivity contribution in [1.82, 2.24) is 9.97 Å². The van der Waals surface area contributed by atoms with E-state index in [0.717, 1.165) is 36.7 Å². The fourth-order valence-electron chi connectivity index (χ4n) is 1.91. The molecule has 1 aromatic rings. The highest BCUT2D eigenvalue weighted by molar-refractivity contribution is 5.36. The molecule has 1 N–H and O–H groups in total. The van der Waals surface area contributed by atoms with Crippen molar-refractivity contribution in [2.45, 2.75) is 46.6 Å². The van der Waals surface area contributed by atoms with Gasteiger partial charge in [-0.3, -0.25) is 0 Å². The lowest BCUT2D eigenvalue weighted by Crippen LogP contribution is -2.12. The Hall–Kier alpha value is -1.16. The van der Waals surface area contributed by atoms with Crippen molar-refractivity contribution in [3.05, 3.63) is 17.6 Å². The van der Waals surface area contributed by atoms with Crippen molar-refractivity contribution in [3.8, 4) is 0 Å². The monoisotopic (exact) mass is 251 g/mol. The molecule has 0 radical (unpaired) electrons. The van der Waals surface area contributed by atoms with Crippen molar-refractivity contribution < 1.29 is 4.74 Å². The third kappa shape index (κ3) is 4.26. The van der Waals surface area contributed by atoms with Crippen LogP contribution in [-0.4, -0.2) is 23.6 Å². The summed E-state index contributed by atoms with van der Waals surface area (Å²) in [6.07, 6.45) is 1.83. The summed E-state index contributed by atoms with van der Waals surface area (Å²) in [5.74, 6) is 2.27. The van der Waals surface area contributed by atoms with E-state index in [1.807, 2.05) is 6.07 Å². The fourth-order valence-corrected chi connectivity index (χ4v) is 1.91. The van der Waals surface area contributed by atoms with E-state index in [0.29, 0.717) is 5.92 Å². The minimum atomic E-state index is -0.0190. The van der Waals surface area contributed by atoms with Crippen molar-refractivity contribution in [3.63, 3.8) is 0 Å². The number of anilines is 1. The number of aromatic nitrogens is 2. The van der Waals surface area contributed by atoms with Crippen LogP contribution in [0.1, 0.15) is 51.7 Å². The van der Waals surface area contributed by atoms with Crippen LogP contribution in [0, 0.1) is 5.92 Å². The number of hydrogen-bond donors (Lipinski definition) is 1. The number of methoxy groups -OCH3 is 1. The first kappa shape index (κ1) is 14.9. The van der Waals surface area contributed by atoms with Gasteiger partial charge in [0.05, 0.1) is 0 Å². The molecular weight excluding hydrogens is 226 g/mol. The first-order chi connectivity index (χ1) is 8.60. The first-order valence-electron chi connectivity index (χ1n) is 6.75. The lowest BCUT2D eigenvalue weighted by atomic mass is 10.1. The van der Waals surface area contributed by atoms with E-state index in [-0.39, 0.29) is 6.10 Å². The summed E-state index contributed by atoms with van der Waals surface area (Å²) in [5.41, 5.74) is 1.08. The largest absolute Gasteiger partial charge is 0.373 e. The average Bonchev–Trinajstić information content (AvgIpc) is 2.30. The molecule has 0 saturated heterocycles. The predicted molar refractivity (Wildman–Crippen MR) is 74.8 cm³/mol. The van der Waals surface area contributed by atoms with Gasteiger partial charge in [0.1, 0.15) is 11.9 Å². The smallest absolute Gasteiger partial charge is 0.159 e. The summed E-state index contributed by atoms with van der Waals surface area (Å²) < 4.78 is 5.43. The first-order valence-corrected chi connectivity index (χ1v) is 6.75. The van der Waals surface area contributed by atoms with Gasteiger partial charge in [0.2, 0.25) is 0 Å². The van der Waals surface area contributed by atoms with E-state index in [1.54, 1.807) is 7.11 Å². The third-order valence-electron chi connectivity index (χ3n) is 2.72. The average molecular weight is 251 g/mol. The minimum absolute atomic E-state index is 0.0190. The molecule has 1 heterocycles. The third-order valence-corrected chi connectivity index (χ3v) is 2.72. The van der Waals surface area contributed by atoms with E-state index < -0.39 is 0 Å². The van der Waals surface area contributed by atoms with Gasteiger partial charge in [-0.2, -0.15) is 0 Å². The molecule has 0 aliphatic heterocycles. The second kappa shape index (κ2) is 7.31. The Balaban J connectivity index is 3.04. The highest BCUT2D eigenvalue weighted by atomic mass is 16.5. The van der Waals surface area contributed by atoms with Crippen LogP contribution in [0.3, 0.4) is 0 Å². The summed E-state index contributed by atoms with van der Waals surface area (Å²) in [6, 6.07) is 2.04. The molecule has 0 aliphatic carbocycles. The van der Waals surface area contributed by atoms with Crippen LogP contribution >= 0.6 is 0 Å². The Bertz CT molecular complexity index is 362. The number of rotatable bonds is 7. The maximum absolute atomic E-state index is 5.43. The molecule has 0 saturated carbocycles. The summed E-state index contributed by atoms with van der Waals surface area (Å²) in [5, 5.41) is 3.26. The van der Waals surface area contributed by atoms with Gasteiger partial charge in [0.15, 0.2) is 5.82 Å². The Morgan fingerprint density at radius 2 is 2.00 bits per heavy atom. The van der Waals surface area contributed by atoms with E-state index in [4.69, 9.17) is 4.74 Å². The van der Waals surface area contributed by atoms with Crippen molar-refractivity contribution >= 4 is 5.82 Å². The van der Waals surface area contributed by atoms with Crippen LogP contribution in [-0.2, 0) is 11.2 Å². The Morgan fingerprint density at radius 3 is 2.50 bits per heavy atom. The van der Waals surface area contributed by atoms with Gasteiger partial charge in [0, 0.05) is 25.4 Å². The lowest BCUT2D eigenvalue weighted by Gasteiger charge is -2.15. The van der Waals surface area contributed by atoms with Crippen molar-refractivity contribution in [1.29, 1.82) is 0 Å². The van der Waals surface area contributed by atoms with Crippen LogP contribution < -0.4 is 5.32 Å². The molecular formula is C14H25N3O. The molecule has 0 bridgehead atoms. The molecule has 102 valence electrons. The van der Waals surface area contributed by atoms with E-state index >= 15 is 0 Å². The predicted octanol–water partition coefficient (Wildman–Crippen LogP) is 3.20. The Morgan fingerprint density at radius 1 is 1.28 bits per heavy atom. The highest BCUT2D eigenvalue weighted by Crippen LogP contribution is 2.20. The molecule has 1 atom stereocenters. The fraction of sp³-hybridized carbons (Fsp3) is 0.714. The summed E-state index contributed by atoms with van der Waals surface area (Å²) in [7, 11) is 1.71. The zero-order chi connectivity index (χ0) is 13.5. The zero-order valence-corrected chi connectivity index (χ0v) is 12.2. The molecule has 0 fully saturated rings. The maximum Gasteiger partial charge on any atom is 0.159 e. The Labute approximate surface area is 110 Å². The summed E-state index contributed by atoms with van der Waals surface area (Å²) in [4.78, 5) is 9.15. The minimum Gasteiger partial charge on any atom is -0.373 e. The molecule has 1 rings (SSSR count). The standard InChI is InChI=1S/C14H25N3O/c1-6-12(18-5)14-16-11(8-10(3)4)9-13(17-14)15-7-2/h9-10,12H,6-8H2,1-5H3,(H,15,16,17). The molecule has 0 amide bonds. The van der Waals surface area contributed by atoms with Gasteiger partial charge >= 0.3 is 0 Å². The Kier molecular flexibility index (Phi) is 6.05. The van der Waals surface area contributed by atoms with Crippen molar-refractivity contribution in [2.75, 3.05) is 19.0 Å². The summed E-state index contributed by atoms with van der Waals surface area (Å²) >= 11 is 0.